The second-order valence-electron chi connectivity index (χ2n) is 2.89. The van der Waals surface area contributed by atoms with Crippen molar-refractivity contribution in [2.75, 3.05) is 7.05 Å². The third-order valence-corrected chi connectivity index (χ3v) is 3.15. The van der Waals surface area contributed by atoms with E-state index in [9.17, 15) is 17.6 Å². The molecule has 0 radical (unpaired) electrons. The van der Waals surface area contributed by atoms with Gasteiger partial charge in [0.15, 0.2) is 5.82 Å². The predicted molar refractivity (Wildman–Crippen MR) is 58.9 cm³/mol. The van der Waals surface area contributed by atoms with Crippen LogP contribution in [0.4, 0.5) is 4.39 Å². The Hall–Kier alpha value is -0.990. The maximum Gasteiger partial charge on any atom is 0.254 e. The van der Waals surface area contributed by atoms with Gasteiger partial charge in [0.2, 0.25) is 10.0 Å². The van der Waals surface area contributed by atoms with Gasteiger partial charge in [-0.05, 0) is 12.1 Å². The molecule has 0 unspecified atom stereocenters. The lowest BCUT2D eigenvalue weighted by atomic mass is 10.2. The summed E-state index contributed by atoms with van der Waals surface area (Å²) in [4.78, 5) is 10.5. The molecule has 0 saturated carbocycles. The first-order valence-corrected chi connectivity index (χ1v) is 6.35. The van der Waals surface area contributed by atoms with Crippen LogP contribution in [-0.2, 0) is 10.0 Å². The number of amides is 1. The maximum atomic E-state index is 13.6. The van der Waals surface area contributed by atoms with Gasteiger partial charge >= 0.3 is 0 Å². The number of hydrogen-bond donors (Lipinski definition) is 2. The van der Waals surface area contributed by atoms with Gasteiger partial charge in [0.25, 0.3) is 5.91 Å². The number of carbonyl (C=O) groups excluding carboxylic acids is 1. The normalized spacial score (nSPS) is 11.2. The average Bonchev–Trinajstić information content (AvgIpc) is 2.18. The molecule has 0 saturated heterocycles. The SMILES string of the molecule is CNC(=O)c1cc(Br)cc(S(N)(=O)=O)c1F. The standard InChI is InChI=1S/C8H8BrFN2O3S/c1-12-8(13)5-2-4(9)3-6(7(5)10)16(11,14)15/h2-3H,1H3,(H,12,13)(H2,11,14,15). The van der Waals surface area contributed by atoms with Crippen molar-refractivity contribution in [3.63, 3.8) is 0 Å². The minimum atomic E-state index is -4.21. The van der Waals surface area contributed by atoms with Crippen LogP contribution in [-0.4, -0.2) is 21.4 Å². The number of nitrogens with one attached hydrogen (secondary N) is 1. The third kappa shape index (κ3) is 2.57. The summed E-state index contributed by atoms with van der Waals surface area (Å²) in [5.41, 5.74) is -0.388. The molecule has 1 aromatic rings. The first kappa shape index (κ1) is 13.1. The number of sulfonamides is 1. The fourth-order valence-electron chi connectivity index (χ4n) is 1.07. The highest BCUT2D eigenvalue weighted by Crippen LogP contribution is 2.23. The van der Waals surface area contributed by atoms with E-state index in [1.54, 1.807) is 0 Å². The summed E-state index contributed by atoms with van der Waals surface area (Å²) in [7, 11) is -2.90. The Bertz CT molecular complexity index is 544. The topological polar surface area (TPSA) is 89.3 Å². The molecule has 0 fully saturated rings. The number of carbonyl (C=O) groups is 1. The van der Waals surface area contributed by atoms with Crippen molar-refractivity contribution >= 4 is 31.9 Å². The van der Waals surface area contributed by atoms with E-state index in [-0.39, 0.29) is 10.0 Å². The molecule has 88 valence electrons. The van der Waals surface area contributed by atoms with Gasteiger partial charge in [0.1, 0.15) is 4.90 Å². The van der Waals surface area contributed by atoms with Crippen LogP contribution in [0.25, 0.3) is 0 Å². The van der Waals surface area contributed by atoms with Crippen LogP contribution >= 0.6 is 15.9 Å². The molecule has 0 atom stereocenters. The van der Waals surface area contributed by atoms with E-state index < -0.39 is 26.6 Å². The predicted octanol–water partition coefficient (Wildman–Crippen LogP) is 0.595. The van der Waals surface area contributed by atoms with Crippen molar-refractivity contribution in [3.05, 3.63) is 28.0 Å². The summed E-state index contributed by atoms with van der Waals surface area (Å²) in [5, 5.41) is 7.01. The van der Waals surface area contributed by atoms with Crippen molar-refractivity contribution in [1.82, 2.24) is 5.32 Å². The lowest BCUT2D eigenvalue weighted by Gasteiger charge is -2.06. The number of hydrogen-bond acceptors (Lipinski definition) is 3. The first-order valence-electron chi connectivity index (χ1n) is 4.01. The molecule has 0 aromatic heterocycles. The molecule has 8 heteroatoms. The van der Waals surface area contributed by atoms with Crippen LogP contribution in [0.3, 0.4) is 0 Å². The van der Waals surface area contributed by atoms with Crippen LogP contribution in [0.2, 0.25) is 0 Å². The summed E-state index contributed by atoms with van der Waals surface area (Å²) < 4.78 is 36.0. The Kier molecular flexibility index (Phi) is 3.66. The molecule has 0 aliphatic rings. The van der Waals surface area contributed by atoms with Gasteiger partial charge in [-0.25, -0.2) is 17.9 Å². The summed E-state index contributed by atoms with van der Waals surface area (Å²) in [6, 6.07) is 2.17. The fraction of sp³-hybridized carbons (Fsp3) is 0.125. The van der Waals surface area contributed by atoms with Gasteiger partial charge in [-0.3, -0.25) is 4.79 Å². The van der Waals surface area contributed by atoms with Crippen molar-refractivity contribution in [1.29, 1.82) is 0 Å². The lowest BCUT2D eigenvalue weighted by molar-refractivity contribution is 0.0958. The Morgan fingerprint density at radius 2 is 2.06 bits per heavy atom. The Morgan fingerprint density at radius 3 is 2.50 bits per heavy atom. The van der Waals surface area contributed by atoms with E-state index in [0.717, 1.165) is 6.07 Å². The molecule has 1 rings (SSSR count). The lowest BCUT2D eigenvalue weighted by Crippen LogP contribution is -2.22. The van der Waals surface area contributed by atoms with Crippen LogP contribution < -0.4 is 10.5 Å². The monoisotopic (exact) mass is 310 g/mol. The average molecular weight is 311 g/mol. The van der Waals surface area contributed by atoms with Crippen LogP contribution in [0.1, 0.15) is 10.4 Å². The molecular weight excluding hydrogens is 303 g/mol. The van der Waals surface area contributed by atoms with E-state index in [4.69, 9.17) is 5.14 Å². The number of primary sulfonamides is 1. The highest BCUT2D eigenvalue weighted by Gasteiger charge is 2.21. The highest BCUT2D eigenvalue weighted by atomic mass is 79.9. The molecule has 0 aliphatic carbocycles. The summed E-state index contributed by atoms with van der Waals surface area (Å²) in [5.74, 6) is -1.89. The molecule has 1 aromatic carbocycles. The smallest absolute Gasteiger partial charge is 0.254 e. The Balaban J connectivity index is 3.56. The Morgan fingerprint density at radius 1 is 1.50 bits per heavy atom. The zero-order valence-corrected chi connectivity index (χ0v) is 10.5. The van der Waals surface area contributed by atoms with E-state index in [1.807, 2.05) is 0 Å². The molecular formula is C8H8BrFN2O3S. The van der Waals surface area contributed by atoms with E-state index >= 15 is 0 Å². The molecule has 0 bridgehead atoms. The molecule has 16 heavy (non-hydrogen) atoms. The van der Waals surface area contributed by atoms with Crippen LogP contribution in [0.15, 0.2) is 21.5 Å². The minimum absolute atomic E-state index is 0.247. The molecule has 0 spiro atoms. The van der Waals surface area contributed by atoms with Crippen LogP contribution in [0.5, 0.6) is 0 Å². The molecule has 0 aliphatic heterocycles. The minimum Gasteiger partial charge on any atom is -0.355 e. The van der Waals surface area contributed by atoms with Gasteiger partial charge in [-0.15, -0.1) is 0 Å². The molecule has 3 N–H and O–H groups in total. The zero-order chi connectivity index (χ0) is 12.5. The third-order valence-electron chi connectivity index (χ3n) is 1.78. The van der Waals surface area contributed by atoms with Gasteiger partial charge in [-0.1, -0.05) is 15.9 Å². The van der Waals surface area contributed by atoms with Crippen molar-refractivity contribution in [3.8, 4) is 0 Å². The molecule has 1 amide bonds. The Labute approximate surface area is 100 Å². The number of halogens is 2. The zero-order valence-electron chi connectivity index (χ0n) is 8.12. The summed E-state index contributed by atoms with van der Waals surface area (Å²) in [6.45, 7) is 0. The molecule has 0 heterocycles. The number of rotatable bonds is 2. The fourth-order valence-corrected chi connectivity index (χ4v) is 2.33. The van der Waals surface area contributed by atoms with E-state index in [0.29, 0.717) is 0 Å². The summed E-state index contributed by atoms with van der Waals surface area (Å²) >= 11 is 2.97. The van der Waals surface area contributed by atoms with E-state index in [1.165, 1.54) is 13.1 Å². The van der Waals surface area contributed by atoms with Crippen LogP contribution in [0, 0.1) is 5.82 Å². The van der Waals surface area contributed by atoms with Gasteiger partial charge in [-0.2, -0.15) is 0 Å². The maximum absolute atomic E-state index is 13.6. The summed E-state index contributed by atoms with van der Waals surface area (Å²) in [6.07, 6.45) is 0. The quantitative estimate of drug-likeness (QED) is 0.838. The van der Waals surface area contributed by atoms with Gasteiger partial charge in [0, 0.05) is 11.5 Å². The van der Waals surface area contributed by atoms with Gasteiger partial charge < -0.3 is 5.32 Å². The second kappa shape index (κ2) is 4.48. The number of benzene rings is 1. The number of nitrogens with two attached hydrogens (primary N) is 1. The van der Waals surface area contributed by atoms with Gasteiger partial charge in [0.05, 0.1) is 5.56 Å². The van der Waals surface area contributed by atoms with E-state index in [2.05, 4.69) is 21.2 Å². The second-order valence-corrected chi connectivity index (χ2v) is 5.34. The van der Waals surface area contributed by atoms with Crippen molar-refractivity contribution in [2.24, 2.45) is 5.14 Å². The van der Waals surface area contributed by atoms with Crippen molar-refractivity contribution < 1.29 is 17.6 Å². The largest absolute Gasteiger partial charge is 0.355 e. The molecule has 5 nitrogen and oxygen atoms in total. The highest BCUT2D eigenvalue weighted by molar-refractivity contribution is 9.10. The first-order chi connectivity index (χ1) is 7.27. The van der Waals surface area contributed by atoms with Crippen molar-refractivity contribution in [2.45, 2.75) is 4.90 Å².